The summed E-state index contributed by atoms with van der Waals surface area (Å²) in [5.41, 5.74) is 0. The van der Waals surface area contributed by atoms with Gasteiger partial charge in [-0.3, -0.25) is 13.9 Å². The fourth-order valence-corrected chi connectivity index (χ4v) is 0. The number of rotatable bonds is 0. The Kier molecular flexibility index (Phi) is 24.8. The number of hydrogen-bond donors (Lipinski definition) is 3. The van der Waals surface area contributed by atoms with Gasteiger partial charge in [0.05, 0.1) is 0 Å². The molecule has 0 aliphatic carbocycles. The molecule has 0 aromatic carbocycles. The van der Waals surface area contributed by atoms with E-state index in [1.807, 2.05) is 0 Å². The zero-order valence-electron chi connectivity index (χ0n) is 4.47. The van der Waals surface area contributed by atoms with Gasteiger partial charge in [-0.2, -0.15) is 8.42 Å². The Morgan fingerprint density at radius 1 is 1.18 bits per heavy atom. The summed E-state index contributed by atoms with van der Waals surface area (Å²) in [4.78, 5) is 9.00. The Bertz CT molecular complexity index is 161. The quantitative estimate of drug-likeness (QED) is 0.323. The molecule has 0 spiro atoms. The summed E-state index contributed by atoms with van der Waals surface area (Å²) in [6, 6.07) is 0. The first-order valence-corrected chi connectivity index (χ1v) is 3.02. The first-order valence-electron chi connectivity index (χ1n) is 1.63. The summed E-state index contributed by atoms with van der Waals surface area (Å²) >= 11 is 0. The second-order valence-corrected chi connectivity index (χ2v) is 1.86. The number of hydrogen-bond acceptors (Lipinski definition) is 3. The van der Waals surface area contributed by atoms with Gasteiger partial charge in [-0.1, -0.05) is 0 Å². The van der Waals surface area contributed by atoms with Crippen molar-refractivity contribution >= 4 is 91.8 Å². The second kappa shape index (κ2) is 11.9. The Morgan fingerprint density at radius 2 is 1.18 bits per heavy atom. The molecule has 0 aliphatic heterocycles. The maximum absolute atomic E-state index is 9.00. The van der Waals surface area contributed by atoms with E-state index in [1.54, 1.807) is 0 Å². The molecule has 0 unspecified atom stereocenters. The summed E-state index contributed by atoms with van der Waals surface area (Å²) in [6.07, 6.45) is 0. The van der Waals surface area contributed by atoms with Gasteiger partial charge in [0.15, 0.2) is 0 Å². The van der Waals surface area contributed by atoms with Crippen molar-refractivity contribution in [2.75, 3.05) is 0 Å². The molecule has 0 fully saturated rings. The first kappa shape index (κ1) is 23.0. The zero-order chi connectivity index (χ0) is 8.08. The van der Waals surface area contributed by atoms with Crippen molar-refractivity contribution in [1.29, 1.82) is 0 Å². The molecule has 0 rings (SSSR count). The predicted molar refractivity (Wildman–Crippen MR) is 44.6 cm³/mol. The van der Waals surface area contributed by atoms with Crippen LogP contribution < -0.4 is 0 Å². The van der Waals surface area contributed by atoms with Gasteiger partial charge in [-0.15, -0.1) is 0 Å². The Labute approximate surface area is 124 Å². The van der Waals surface area contributed by atoms with E-state index in [1.165, 1.54) is 0 Å². The normalized spacial score (nSPS) is 7.55. The minimum atomic E-state index is -4.67. The van der Waals surface area contributed by atoms with Gasteiger partial charge < -0.3 is 5.11 Å². The topological polar surface area (TPSA) is 112 Å². The van der Waals surface area contributed by atoms with E-state index in [-0.39, 0.29) is 75.5 Å². The van der Waals surface area contributed by atoms with Crippen molar-refractivity contribution in [1.82, 2.24) is 0 Å². The van der Waals surface area contributed by atoms with E-state index in [0.717, 1.165) is 6.92 Å². The Balaban J connectivity index is -0.0000000383. The van der Waals surface area contributed by atoms with Crippen LogP contribution in [0.4, 0.5) is 0 Å². The number of carbonyl (C=O) groups is 1. The molecule has 6 nitrogen and oxygen atoms in total. The third-order valence-electron chi connectivity index (χ3n) is 0. The third-order valence-corrected chi connectivity index (χ3v) is 0. The van der Waals surface area contributed by atoms with Crippen LogP contribution >= 0.6 is 0 Å². The van der Waals surface area contributed by atoms with E-state index in [9.17, 15) is 0 Å². The first-order chi connectivity index (χ1) is 3.73. The van der Waals surface area contributed by atoms with E-state index >= 15 is 0 Å². The molecule has 0 bridgehead atoms. The van der Waals surface area contributed by atoms with Crippen LogP contribution in [0.2, 0.25) is 0 Å². The van der Waals surface area contributed by atoms with Gasteiger partial charge in [0.2, 0.25) is 0 Å². The Hall–Kier alpha value is 1.86. The van der Waals surface area contributed by atoms with Crippen molar-refractivity contribution in [3.8, 4) is 0 Å². The standard InChI is InChI=1S/C2H4O2.2Ca.H2O4S.4H/c1-2(3)4;;;1-5(2,3)4;;;;/h1H3,(H,3,4);;;(H2,1,2,3,4);;;;. The molecule has 0 aliphatic rings. The van der Waals surface area contributed by atoms with E-state index in [2.05, 4.69) is 0 Å². The van der Waals surface area contributed by atoms with Crippen molar-refractivity contribution < 1.29 is 27.4 Å². The Morgan fingerprint density at radius 3 is 1.18 bits per heavy atom. The number of carboxylic acids is 1. The van der Waals surface area contributed by atoms with E-state index < -0.39 is 16.4 Å². The maximum atomic E-state index is 9.00. The fraction of sp³-hybridized carbons (Fsp3) is 0.500. The summed E-state index contributed by atoms with van der Waals surface area (Å²) in [6.45, 7) is 1.08. The molecule has 0 amide bonds. The average molecular weight is 242 g/mol. The van der Waals surface area contributed by atoms with Crippen LogP contribution in [0.25, 0.3) is 0 Å². The zero-order valence-corrected chi connectivity index (χ0v) is 5.29. The van der Waals surface area contributed by atoms with E-state index in [4.69, 9.17) is 27.4 Å². The monoisotopic (exact) mass is 242 g/mol. The number of aliphatic carboxylic acids is 1. The van der Waals surface area contributed by atoms with Crippen LogP contribution in [0.5, 0.6) is 0 Å². The molecule has 64 valence electrons. The van der Waals surface area contributed by atoms with E-state index in [0.29, 0.717) is 0 Å². The molecule has 0 atom stereocenters. The minimum absolute atomic E-state index is 0. The molecule has 0 saturated carbocycles. The molecule has 0 aromatic heterocycles. The molecule has 9 heteroatoms. The fourth-order valence-electron chi connectivity index (χ4n) is 0. The van der Waals surface area contributed by atoms with Gasteiger partial charge >= 0.3 is 85.9 Å². The molecular weight excluding hydrogens is 232 g/mol. The van der Waals surface area contributed by atoms with Crippen LogP contribution in [0.15, 0.2) is 0 Å². The van der Waals surface area contributed by atoms with Crippen LogP contribution in [0, 0.1) is 0 Å². The van der Waals surface area contributed by atoms with Gasteiger partial charge in [0.25, 0.3) is 5.97 Å². The molecule has 11 heavy (non-hydrogen) atoms. The van der Waals surface area contributed by atoms with Crippen LogP contribution in [0.3, 0.4) is 0 Å². The third kappa shape index (κ3) is 333. The van der Waals surface area contributed by atoms with Gasteiger partial charge in [-0.05, 0) is 0 Å². The van der Waals surface area contributed by atoms with Crippen LogP contribution in [0.1, 0.15) is 6.92 Å². The molecule has 0 aromatic rings. The van der Waals surface area contributed by atoms with Crippen molar-refractivity contribution in [2.45, 2.75) is 6.92 Å². The van der Waals surface area contributed by atoms with Crippen LogP contribution in [-0.2, 0) is 15.2 Å². The summed E-state index contributed by atoms with van der Waals surface area (Å²) in [5, 5.41) is 7.42. The van der Waals surface area contributed by atoms with Crippen molar-refractivity contribution in [3.63, 3.8) is 0 Å². The summed E-state index contributed by atoms with van der Waals surface area (Å²) in [7, 11) is -4.67. The average Bonchev–Trinajstić information content (AvgIpc) is 1.19. The molecule has 0 radical (unpaired) electrons. The van der Waals surface area contributed by atoms with Crippen molar-refractivity contribution in [3.05, 3.63) is 0 Å². The molecule has 3 N–H and O–H groups in total. The second-order valence-electron chi connectivity index (χ2n) is 0.967. The predicted octanol–water partition coefficient (Wildman–Crippen LogP) is -2.39. The van der Waals surface area contributed by atoms with Crippen LogP contribution in [-0.4, -0.2) is 104 Å². The SMILES string of the molecule is CC(=O)O.O=S(=O)(O)O.[CaH2].[CaH2]. The van der Waals surface area contributed by atoms with Gasteiger partial charge in [0.1, 0.15) is 0 Å². The van der Waals surface area contributed by atoms with Gasteiger partial charge in [0, 0.05) is 6.92 Å². The number of carboxylic acid groups (broad SMARTS) is 1. The molecular formula is C2H10Ca2O6S. The molecule has 0 saturated heterocycles. The summed E-state index contributed by atoms with van der Waals surface area (Å²) in [5.74, 6) is -0.833. The summed E-state index contributed by atoms with van der Waals surface area (Å²) < 4.78 is 31.6. The molecule has 0 heterocycles. The van der Waals surface area contributed by atoms with Gasteiger partial charge in [-0.25, -0.2) is 0 Å². The van der Waals surface area contributed by atoms with Crippen molar-refractivity contribution in [2.24, 2.45) is 0 Å².